The van der Waals surface area contributed by atoms with E-state index < -0.39 is 0 Å². The lowest BCUT2D eigenvalue weighted by molar-refractivity contribution is 0.0194. The number of halogens is 1. The van der Waals surface area contributed by atoms with Crippen molar-refractivity contribution in [1.82, 2.24) is 9.80 Å². The van der Waals surface area contributed by atoms with E-state index >= 15 is 0 Å². The highest BCUT2D eigenvalue weighted by molar-refractivity contribution is 6.30. The SMILES string of the molecule is CC(c1ccc(Cl)cc1)N(C)C1(CN)CCCN(C)C1. The first-order valence-electron chi connectivity index (χ1n) is 7.35. The van der Waals surface area contributed by atoms with Gasteiger partial charge in [0.25, 0.3) is 0 Å². The Morgan fingerprint density at radius 3 is 2.60 bits per heavy atom. The van der Waals surface area contributed by atoms with E-state index in [-0.39, 0.29) is 5.54 Å². The number of likely N-dealkylation sites (N-methyl/N-ethyl adjacent to an activating group) is 2. The van der Waals surface area contributed by atoms with Crippen LogP contribution in [0.15, 0.2) is 24.3 Å². The molecule has 2 atom stereocenters. The van der Waals surface area contributed by atoms with Gasteiger partial charge in [-0.2, -0.15) is 0 Å². The van der Waals surface area contributed by atoms with Crippen LogP contribution in [0.25, 0.3) is 0 Å². The van der Waals surface area contributed by atoms with Gasteiger partial charge in [0.15, 0.2) is 0 Å². The maximum absolute atomic E-state index is 6.15. The van der Waals surface area contributed by atoms with Gasteiger partial charge in [-0.1, -0.05) is 23.7 Å². The monoisotopic (exact) mass is 295 g/mol. The van der Waals surface area contributed by atoms with Crippen LogP contribution in [0.1, 0.15) is 31.4 Å². The highest BCUT2D eigenvalue weighted by atomic mass is 35.5. The van der Waals surface area contributed by atoms with Gasteiger partial charge in [0.2, 0.25) is 0 Å². The molecule has 0 saturated carbocycles. The van der Waals surface area contributed by atoms with Gasteiger partial charge in [0, 0.05) is 29.7 Å². The van der Waals surface area contributed by atoms with Crippen molar-refractivity contribution in [3.05, 3.63) is 34.9 Å². The van der Waals surface area contributed by atoms with E-state index in [1.807, 2.05) is 12.1 Å². The van der Waals surface area contributed by atoms with E-state index in [4.69, 9.17) is 17.3 Å². The molecule has 0 radical (unpaired) electrons. The Hall–Kier alpha value is -0.610. The number of piperidine rings is 1. The molecular formula is C16H26ClN3. The first-order valence-corrected chi connectivity index (χ1v) is 7.73. The number of rotatable bonds is 4. The average molecular weight is 296 g/mol. The molecule has 1 aromatic rings. The van der Waals surface area contributed by atoms with Gasteiger partial charge in [-0.3, -0.25) is 4.90 Å². The number of hydrogen-bond acceptors (Lipinski definition) is 3. The minimum Gasteiger partial charge on any atom is -0.329 e. The molecule has 0 bridgehead atoms. The molecule has 0 aliphatic carbocycles. The van der Waals surface area contributed by atoms with Crippen LogP contribution in [0.3, 0.4) is 0 Å². The smallest absolute Gasteiger partial charge is 0.0461 e. The molecule has 2 N–H and O–H groups in total. The zero-order chi connectivity index (χ0) is 14.8. The van der Waals surface area contributed by atoms with Gasteiger partial charge in [0.05, 0.1) is 0 Å². The number of nitrogens with zero attached hydrogens (tertiary/aromatic N) is 2. The van der Waals surface area contributed by atoms with E-state index in [0.29, 0.717) is 12.6 Å². The Balaban J connectivity index is 2.19. The number of likely N-dealkylation sites (tertiary alicyclic amines) is 1. The molecule has 0 spiro atoms. The first-order chi connectivity index (χ1) is 9.48. The Bertz CT molecular complexity index is 434. The number of nitrogens with two attached hydrogens (primary N) is 1. The third-order valence-corrected chi connectivity index (χ3v) is 5.06. The maximum atomic E-state index is 6.15. The van der Waals surface area contributed by atoms with E-state index in [0.717, 1.165) is 11.6 Å². The minimum atomic E-state index is 0.0754. The average Bonchev–Trinajstić information content (AvgIpc) is 2.46. The van der Waals surface area contributed by atoms with Gasteiger partial charge in [0.1, 0.15) is 0 Å². The Labute approximate surface area is 127 Å². The van der Waals surface area contributed by atoms with Crippen molar-refractivity contribution < 1.29 is 0 Å². The molecule has 112 valence electrons. The number of benzene rings is 1. The van der Waals surface area contributed by atoms with Crippen LogP contribution in [0.5, 0.6) is 0 Å². The fourth-order valence-corrected chi connectivity index (χ4v) is 3.44. The van der Waals surface area contributed by atoms with Gasteiger partial charge < -0.3 is 10.6 Å². The maximum Gasteiger partial charge on any atom is 0.0461 e. The molecule has 2 unspecified atom stereocenters. The summed E-state index contributed by atoms with van der Waals surface area (Å²) in [6, 6.07) is 8.48. The van der Waals surface area contributed by atoms with E-state index in [9.17, 15) is 0 Å². The van der Waals surface area contributed by atoms with Crippen molar-refractivity contribution in [3.8, 4) is 0 Å². The topological polar surface area (TPSA) is 32.5 Å². The summed E-state index contributed by atoms with van der Waals surface area (Å²) in [5, 5.41) is 0.787. The zero-order valence-electron chi connectivity index (χ0n) is 12.8. The van der Waals surface area contributed by atoms with Crippen molar-refractivity contribution in [1.29, 1.82) is 0 Å². The summed E-state index contributed by atoms with van der Waals surface area (Å²) >= 11 is 5.98. The van der Waals surface area contributed by atoms with Crippen molar-refractivity contribution in [2.45, 2.75) is 31.3 Å². The van der Waals surface area contributed by atoms with Gasteiger partial charge in [-0.05, 0) is 58.1 Å². The molecule has 1 aliphatic heterocycles. The lowest BCUT2D eigenvalue weighted by Gasteiger charge is -2.49. The van der Waals surface area contributed by atoms with E-state index in [1.165, 1.54) is 24.9 Å². The van der Waals surface area contributed by atoms with Crippen LogP contribution < -0.4 is 5.73 Å². The summed E-state index contributed by atoms with van der Waals surface area (Å²) in [6.07, 6.45) is 2.38. The summed E-state index contributed by atoms with van der Waals surface area (Å²) in [5.41, 5.74) is 7.52. The third-order valence-electron chi connectivity index (χ3n) is 4.81. The molecule has 1 aliphatic rings. The van der Waals surface area contributed by atoms with Crippen molar-refractivity contribution in [2.24, 2.45) is 5.73 Å². The summed E-state index contributed by atoms with van der Waals surface area (Å²) in [4.78, 5) is 4.84. The van der Waals surface area contributed by atoms with Gasteiger partial charge in [-0.25, -0.2) is 0 Å². The van der Waals surface area contributed by atoms with Gasteiger partial charge >= 0.3 is 0 Å². The van der Waals surface area contributed by atoms with Crippen molar-refractivity contribution in [3.63, 3.8) is 0 Å². The fraction of sp³-hybridized carbons (Fsp3) is 0.625. The predicted octanol–water partition coefficient (Wildman–Crippen LogP) is 2.76. The van der Waals surface area contributed by atoms with Crippen LogP contribution in [0.2, 0.25) is 5.02 Å². The van der Waals surface area contributed by atoms with Crippen LogP contribution in [-0.4, -0.2) is 49.1 Å². The zero-order valence-corrected chi connectivity index (χ0v) is 13.5. The second-order valence-corrected chi connectivity index (χ2v) is 6.54. The van der Waals surface area contributed by atoms with E-state index in [1.54, 1.807) is 0 Å². The second kappa shape index (κ2) is 6.44. The Morgan fingerprint density at radius 2 is 2.05 bits per heavy atom. The third kappa shape index (κ3) is 3.17. The largest absolute Gasteiger partial charge is 0.329 e. The molecule has 1 heterocycles. The molecule has 1 aromatic carbocycles. The second-order valence-electron chi connectivity index (χ2n) is 6.11. The first kappa shape index (κ1) is 15.8. The molecule has 4 heteroatoms. The summed E-state index contributed by atoms with van der Waals surface area (Å²) in [7, 11) is 4.38. The summed E-state index contributed by atoms with van der Waals surface area (Å²) in [5.74, 6) is 0. The summed E-state index contributed by atoms with van der Waals surface area (Å²) < 4.78 is 0. The Morgan fingerprint density at radius 1 is 1.40 bits per heavy atom. The molecule has 2 rings (SSSR count). The van der Waals surface area contributed by atoms with Crippen LogP contribution in [-0.2, 0) is 0 Å². The molecular weight excluding hydrogens is 270 g/mol. The molecule has 20 heavy (non-hydrogen) atoms. The fourth-order valence-electron chi connectivity index (χ4n) is 3.31. The lowest BCUT2D eigenvalue weighted by atomic mass is 9.86. The molecule has 3 nitrogen and oxygen atoms in total. The molecule has 0 amide bonds. The highest BCUT2D eigenvalue weighted by Gasteiger charge is 2.39. The molecule has 1 saturated heterocycles. The van der Waals surface area contributed by atoms with Crippen LogP contribution >= 0.6 is 11.6 Å². The molecule has 1 fully saturated rings. The quantitative estimate of drug-likeness (QED) is 0.927. The Kier molecular flexibility index (Phi) is 5.08. The van der Waals surface area contributed by atoms with E-state index in [2.05, 4.69) is 43.0 Å². The van der Waals surface area contributed by atoms with Crippen LogP contribution in [0, 0.1) is 0 Å². The van der Waals surface area contributed by atoms with Crippen molar-refractivity contribution >= 4 is 11.6 Å². The lowest BCUT2D eigenvalue weighted by Crippen LogP contribution is -2.61. The van der Waals surface area contributed by atoms with Crippen LogP contribution in [0.4, 0.5) is 0 Å². The minimum absolute atomic E-state index is 0.0754. The van der Waals surface area contributed by atoms with Crippen molar-refractivity contribution in [2.75, 3.05) is 33.7 Å². The number of hydrogen-bond donors (Lipinski definition) is 1. The normalized spacial score (nSPS) is 25.9. The predicted molar refractivity (Wildman–Crippen MR) is 86.1 cm³/mol. The standard InChI is InChI=1S/C16H26ClN3/c1-13(14-5-7-15(17)8-6-14)20(3)16(11-18)9-4-10-19(2)12-16/h5-8,13H,4,9-12,18H2,1-3H3. The van der Waals surface area contributed by atoms with Gasteiger partial charge in [-0.15, -0.1) is 0 Å². The highest BCUT2D eigenvalue weighted by Crippen LogP contribution is 2.32. The summed E-state index contributed by atoms with van der Waals surface area (Å²) in [6.45, 7) is 5.16. The molecule has 0 aromatic heterocycles.